The molecule has 1 heterocycles. The van der Waals surface area contributed by atoms with Gasteiger partial charge >= 0.3 is 0 Å². The van der Waals surface area contributed by atoms with E-state index in [9.17, 15) is 0 Å². The molecule has 1 aromatic heterocycles. The van der Waals surface area contributed by atoms with E-state index in [1.165, 1.54) is 66.4 Å². The topological polar surface area (TPSA) is 4.93 Å². The Morgan fingerprint density at radius 3 is 2.06 bits per heavy atom. The average Bonchev–Trinajstić information content (AvgIpc) is 3.07. The van der Waals surface area contributed by atoms with Crippen molar-refractivity contribution in [3.63, 3.8) is 0 Å². The number of rotatable bonds is 3. The molecule has 5 rings (SSSR count). The van der Waals surface area contributed by atoms with Crippen LogP contribution in [0.15, 0.2) is 79.4 Å². The molecule has 0 unspecified atom stereocenters. The van der Waals surface area contributed by atoms with Crippen LogP contribution in [0.4, 0.5) is 0 Å². The van der Waals surface area contributed by atoms with Crippen molar-refractivity contribution in [2.24, 2.45) is 0 Å². The van der Waals surface area contributed by atoms with Crippen molar-refractivity contribution in [1.29, 1.82) is 0 Å². The van der Waals surface area contributed by atoms with E-state index in [2.05, 4.69) is 119 Å². The summed E-state index contributed by atoms with van der Waals surface area (Å²) >= 11 is 0. The Morgan fingerprint density at radius 1 is 0.688 bits per heavy atom. The van der Waals surface area contributed by atoms with Gasteiger partial charge in [0.25, 0.3) is 0 Å². The molecule has 0 atom stereocenters. The molecule has 0 aliphatic carbocycles. The number of aryl methyl sites for hydroxylation is 4. The molecule has 1 nitrogen and oxygen atoms in total. The fourth-order valence-electron chi connectivity index (χ4n) is 5.20. The van der Waals surface area contributed by atoms with Crippen molar-refractivity contribution < 1.29 is 0 Å². The molecule has 32 heavy (non-hydrogen) atoms. The van der Waals surface area contributed by atoms with E-state index >= 15 is 0 Å². The van der Waals surface area contributed by atoms with E-state index in [4.69, 9.17) is 0 Å². The van der Waals surface area contributed by atoms with Crippen molar-refractivity contribution >= 4 is 27.4 Å². The minimum Gasteiger partial charge on any atom is -0.309 e. The zero-order chi connectivity index (χ0) is 22.6. The second-order valence-corrected chi connectivity index (χ2v) is 9.14. The number of nitrogens with zero attached hydrogens (tertiary/aromatic N) is 1. The highest BCUT2D eigenvalue weighted by atomic mass is 15.0. The summed E-state index contributed by atoms with van der Waals surface area (Å²) < 4.78 is 2.40. The van der Waals surface area contributed by atoms with Gasteiger partial charge in [0.15, 0.2) is 0 Å². The molecule has 4 aromatic carbocycles. The van der Waals surface area contributed by atoms with Crippen LogP contribution in [0.5, 0.6) is 0 Å². The van der Waals surface area contributed by atoms with Gasteiger partial charge in [0.1, 0.15) is 0 Å². The van der Waals surface area contributed by atoms with Gasteiger partial charge in [0, 0.05) is 16.5 Å². The normalized spacial score (nSPS) is 11.4. The van der Waals surface area contributed by atoms with Crippen LogP contribution in [-0.4, -0.2) is 4.57 Å². The molecule has 0 N–H and O–H groups in total. The van der Waals surface area contributed by atoms with Gasteiger partial charge in [-0.1, -0.05) is 60.2 Å². The fraction of sp³-hybridized carbons (Fsp3) is 0.161. The summed E-state index contributed by atoms with van der Waals surface area (Å²) in [4.78, 5) is 0. The predicted octanol–water partition coefficient (Wildman–Crippen LogP) is 8.72. The minimum absolute atomic E-state index is 1.09. The van der Waals surface area contributed by atoms with Gasteiger partial charge < -0.3 is 4.57 Å². The molecule has 0 bridgehead atoms. The third-order valence-electron chi connectivity index (χ3n) is 6.57. The standard InChI is InChI=1S/C31H29N/c1-19(2)24-11-13-28(21(4)17-24)32-29-10-8-7-9-26(29)27-18-25(12-14-30(27)32)31-22(5)15-20(3)16-23(31)6/h7-18H,1H2,2-6H3. The van der Waals surface area contributed by atoms with Crippen molar-refractivity contribution in [2.45, 2.75) is 34.6 Å². The van der Waals surface area contributed by atoms with E-state index in [0.29, 0.717) is 0 Å². The summed E-state index contributed by atoms with van der Waals surface area (Å²) in [5.74, 6) is 0. The molecule has 0 radical (unpaired) electrons. The number of hydrogen-bond acceptors (Lipinski definition) is 0. The van der Waals surface area contributed by atoms with Crippen LogP contribution in [0, 0.1) is 27.7 Å². The maximum absolute atomic E-state index is 4.11. The van der Waals surface area contributed by atoms with Gasteiger partial charge in [-0.25, -0.2) is 0 Å². The zero-order valence-corrected chi connectivity index (χ0v) is 19.6. The molecule has 0 aliphatic rings. The summed E-state index contributed by atoms with van der Waals surface area (Å²) in [6.07, 6.45) is 0. The molecule has 0 fully saturated rings. The van der Waals surface area contributed by atoms with E-state index in [1.807, 2.05) is 0 Å². The summed E-state index contributed by atoms with van der Waals surface area (Å²) in [5.41, 5.74) is 13.8. The third-order valence-corrected chi connectivity index (χ3v) is 6.57. The first-order valence-corrected chi connectivity index (χ1v) is 11.2. The fourth-order valence-corrected chi connectivity index (χ4v) is 5.20. The lowest BCUT2D eigenvalue weighted by Gasteiger charge is -2.14. The summed E-state index contributed by atoms with van der Waals surface area (Å²) in [6.45, 7) is 15.0. The van der Waals surface area contributed by atoms with E-state index < -0.39 is 0 Å². The summed E-state index contributed by atoms with van der Waals surface area (Å²) in [5, 5.41) is 2.58. The van der Waals surface area contributed by atoms with Crippen molar-refractivity contribution in [3.05, 3.63) is 107 Å². The molecule has 5 aromatic rings. The van der Waals surface area contributed by atoms with Gasteiger partial charge in [0.05, 0.1) is 11.0 Å². The second kappa shape index (κ2) is 7.53. The van der Waals surface area contributed by atoms with Crippen LogP contribution in [0.1, 0.15) is 34.7 Å². The molecular weight excluding hydrogens is 386 g/mol. The maximum atomic E-state index is 4.11. The zero-order valence-electron chi connectivity index (χ0n) is 19.6. The number of fused-ring (bicyclic) bond motifs is 3. The van der Waals surface area contributed by atoms with Crippen LogP contribution in [0.25, 0.3) is 44.2 Å². The quantitative estimate of drug-likeness (QED) is 0.278. The van der Waals surface area contributed by atoms with Crippen LogP contribution < -0.4 is 0 Å². The highest BCUT2D eigenvalue weighted by molar-refractivity contribution is 6.10. The van der Waals surface area contributed by atoms with Gasteiger partial charge in [-0.3, -0.25) is 0 Å². The van der Waals surface area contributed by atoms with Gasteiger partial charge in [-0.15, -0.1) is 0 Å². The Bertz CT molecular complexity index is 1500. The molecule has 0 amide bonds. The third kappa shape index (κ3) is 3.17. The first-order valence-electron chi connectivity index (χ1n) is 11.2. The summed E-state index contributed by atoms with van der Waals surface area (Å²) in [6, 6.07) is 26.9. The van der Waals surface area contributed by atoms with Crippen LogP contribution >= 0.6 is 0 Å². The minimum atomic E-state index is 1.09. The Morgan fingerprint density at radius 2 is 1.38 bits per heavy atom. The summed E-state index contributed by atoms with van der Waals surface area (Å²) in [7, 11) is 0. The molecular formula is C31H29N. The van der Waals surface area contributed by atoms with Crippen LogP contribution in [0.2, 0.25) is 0 Å². The maximum Gasteiger partial charge on any atom is 0.0541 e. The predicted molar refractivity (Wildman–Crippen MR) is 140 cm³/mol. The lowest BCUT2D eigenvalue weighted by Crippen LogP contribution is -1.98. The van der Waals surface area contributed by atoms with Crippen LogP contribution in [0.3, 0.4) is 0 Å². The lowest BCUT2D eigenvalue weighted by atomic mass is 9.93. The molecule has 0 spiro atoms. The Balaban J connectivity index is 1.81. The monoisotopic (exact) mass is 415 g/mol. The highest BCUT2D eigenvalue weighted by Gasteiger charge is 2.16. The van der Waals surface area contributed by atoms with E-state index in [1.54, 1.807) is 0 Å². The SMILES string of the molecule is C=C(C)c1ccc(-n2c3ccccc3c3cc(-c4c(C)cc(C)cc4C)ccc32)c(C)c1. The van der Waals surface area contributed by atoms with E-state index in [0.717, 1.165) is 5.57 Å². The second-order valence-electron chi connectivity index (χ2n) is 9.14. The first-order chi connectivity index (χ1) is 15.3. The smallest absolute Gasteiger partial charge is 0.0541 e. The van der Waals surface area contributed by atoms with Gasteiger partial charge in [0.2, 0.25) is 0 Å². The Labute approximate surface area is 190 Å². The average molecular weight is 416 g/mol. The number of hydrogen-bond donors (Lipinski definition) is 0. The molecule has 0 saturated heterocycles. The number of benzene rings is 4. The Kier molecular flexibility index (Phi) is 4.78. The number of para-hydroxylation sites is 1. The van der Waals surface area contributed by atoms with Crippen molar-refractivity contribution in [3.8, 4) is 16.8 Å². The number of aromatic nitrogens is 1. The largest absolute Gasteiger partial charge is 0.309 e. The van der Waals surface area contributed by atoms with E-state index in [-0.39, 0.29) is 0 Å². The highest BCUT2D eigenvalue weighted by Crippen LogP contribution is 2.37. The van der Waals surface area contributed by atoms with Crippen molar-refractivity contribution in [1.82, 2.24) is 4.57 Å². The Hall–Kier alpha value is -3.58. The van der Waals surface area contributed by atoms with Crippen molar-refractivity contribution in [2.75, 3.05) is 0 Å². The lowest BCUT2D eigenvalue weighted by molar-refractivity contribution is 1.15. The first kappa shape index (κ1) is 20.3. The molecule has 1 heteroatoms. The molecule has 0 saturated carbocycles. The molecule has 0 aliphatic heterocycles. The van der Waals surface area contributed by atoms with Gasteiger partial charge in [-0.05, 0) is 98.3 Å². The van der Waals surface area contributed by atoms with Crippen LogP contribution in [-0.2, 0) is 0 Å². The number of allylic oxidation sites excluding steroid dienone is 1. The molecule has 158 valence electrons. The van der Waals surface area contributed by atoms with Gasteiger partial charge in [-0.2, -0.15) is 0 Å².